The topological polar surface area (TPSA) is 89.1 Å². The number of carbonyl (C=O) groups excluding carboxylic acids is 1. The van der Waals surface area contributed by atoms with Gasteiger partial charge in [-0.2, -0.15) is 10.1 Å². The van der Waals surface area contributed by atoms with Gasteiger partial charge < -0.3 is 9.84 Å². The van der Waals surface area contributed by atoms with Crippen molar-refractivity contribution in [2.24, 2.45) is 7.05 Å². The van der Waals surface area contributed by atoms with Gasteiger partial charge in [-0.25, -0.2) is 0 Å². The lowest BCUT2D eigenvalue weighted by Crippen LogP contribution is -2.34. The maximum atomic E-state index is 12.5. The van der Waals surface area contributed by atoms with E-state index < -0.39 is 0 Å². The number of nitrogens with zero attached hydrogens (tertiary/aromatic N) is 5. The smallest absolute Gasteiger partial charge is 0.322 e. The Morgan fingerprint density at radius 2 is 2.23 bits per heavy atom. The van der Waals surface area contributed by atoms with Gasteiger partial charge in [0.15, 0.2) is 5.82 Å². The first-order valence-corrected chi connectivity index (χ1v) is 7.38. The first-order chi connectivity index (χ1) is 10.5. The summed E-state index contributed by atoms with van der Waals surface area (Å²) in [6.45, 7) is 6.52. The number of anilines is 2. The molecular weight excluding hydrogens is 284 g/mol. The third kappa shape index (κ3) is 2.56. The molecule has 0 aromatic carbocycles. The maximum absolute atomic E-state index is 12.5. The second-order valence-electron chi connectivity index (χ2n) is 5.86. The van der Waals surface area contributed by atoms with Gasteiger partial charge in [0, 0.05) is 25.6 Å². The van der Waals surface area contributed by atoms with Gasteiger partial charge in [0.1, 0.15) is 11.9 Å². The predicted molar refractivity (Wildman–Crippen MR) is 80.7 cm³/mol. The van der Waals surface area contributed by atoms with Crippen molar-refractivity contribution in [1.82, 2.24) is 19.9 Å². The molecule has 1 atom stereocenters. The van der Waals surface area contributed by atoms with Gasteiger partial charge in [0.2, 0.25) is 0 Å². The zero-order valence-electron chi connectivity index (χ0n) is 13.2. The molecule has 0 spiro atoms. The Hall–Kier alpha value is -2.38. The van der Waals surface area contributed by atoms with Crippen LogP contribution in [0.3, 0.4) is 0 Å². The largest absolute Gasteiger partial charge is 0.326 e. The van der Waals surface area contributed by atoms with E-state index >= 15 is 0 Å². The van der Waals surface area contributed by atoms with Crippen molar-refractivity contribution in [3.05, 3.63) is 17.6 Å². The molecule has 2 aromatic heterocycles. The molecule has 8 nitrogen and oxygen atoms in total. The molecule has 0 bridgehead atoms. The van der Waals surface area contributed by atoms with Crippen molar-refractivity contribution in [3.63, 3.8) is 0 Å². The lowest BCUT2D eigenvalue weighted by atomic mass is 10.2. The van der Waals surface area contributed by atoms with E-state index in [0.29, 0.717) is 24.8 Å². The van der Waals surface area contributed by atoms with Crippen LogP contribution in [0.2, 0.25) is 0 Å². The van der Waals surface area contributed by atoms with Gasteiger partial charge in [-0.3, -0.25) is 14.4 Å². The Kier molecular flexibility index (Phi) is 3.59. The van der Waals surface area contributed by atoms with Crippen LogP contribution < -0.4 is 10.2 Å². The van der Waals surface area contributed by atoms with E-state index in [2.05, 4.69) is 20.6 Å². The number of amides is 1. The second-order valence-corrected chi connectivity index (χ2v) is 5.86. The fraction of sp³-hybridized carbons (Fsp3) is 0.571. The van der Waals surface area contributed by atoms with Crippen LogP contribution >= 0.6 is 0 Å². The van der Waals surface area contributed by atoms with Crippen molar-refractivity contribution in [1.29, 1.82) is 0 Å². The van der Waals surface area contributed by atoms with Crippen LogP contribution in [-0.2, 0) is 11.8 Å². The first kappa shape index (κ1) is 14.6. The molecule has 1 amide bonds. The number of nitrogens with one attached hydrogen (secondary N) is 1. The molecule has 118 valence electrons. The molecule has 1 fully saturated rings. The van der Waals surface area contributed by atoms with Gasteiger partial charge in [-0.1, -0.05) is 19.0 Å². The van der Waals surface area contributed by atoms with Crippen LogP contribution in [0.1, 0.15) is 37.7 Å². The summed E-state index contributed by atoms with van der Waals surface area (Å²) in [5, 5.41) is 11.2. The Morgan fingerprint density at radius 1 is 1.45 bits per heavy atom. The number of hydrogen-bond acceptors (Lipinski definition) is 6. The average molecular weight is 304 g/mol. The number of carbonyl (C=O) groups is 1. The van der Waals surface area contributed by atoms with Crippen LogP contribution in [-0.4, -0.2) is 38.4 Å². The zero-order valence-corrected chi connectivity index (χ0v) is 13.2. The van der Waals surface area contributed by atoms with Crippen molar-refractivity contribution >= 4 is 17.7 Å². The molecule has 0 radical (unpaired) electrons. The summed E-state index contributed by atoms with van der Waals surface area (Å²) in [6.07, 6.45) is 0.683. The summed E-state index contributed by atoms with van der Waals surface area (Å²) in [4.78, 5) is 18.5. The minimum absolute atomic E-state index is 0.00713. The highest BCUT2D eigenvalue weighted by atomic mass is 16.5. The van der Waals surface area contributed by atoms with Crippen LogP contribution in [0, 0.1) is 6.92 Å². The minimum atomic E-state index is -0.351. The third-order valence-electron chi connectivity index (χ3n) is 3.72. The lowest BCUT2D eigenvalue weighted by Gasteiger charge is -2.16. The molecule has 0 aliphatic carbocycles. The van der Waals surface area contributed by atoms with E-state index in [4.69, 9.17) is 4.52 Å². The van der Waals surface area contributed by atoms with E-state index in [1.807, 2.05) is 33.9 Å². The summed E-state index contributed by atoms with van der Waals surface area (Å²) < 4.78 is 6.87. The summed E-state index contributed by atoms with van der Waals surface area (Å²) in [6, 6.07) is 1.85. The highest BCUT2D eigenvalue weighted by Gasteiger charge is 2.35. The summed E-state index contributed by atoms with van der Waals surface area (Å²) in [5.74, 6) is 1.62. The molecule has 1 unspecified atom stereocenters. The maximum Gasteiger partial charge on any atom is 0.322 e. The van der Waals surface area contributed by atoms with E-state index in [9.17, 15) is 4.79 Å². The summed E-state index contributed by atoms with van der Waals surface area (Å²) >= 11 is 0. The number of aromatic nitrogens is 4. The lowest BCUT2D eigenvalue weighted by molar-refractivity contribution is -0.117. The van der Waals surface area contributed by atoms with Crippen LogP contribution in [0.5, 0.6) is 0 Å². The number of hydrogen-bond donors (Lipinski definition) is 1. The quantitative estimate of drug-likeness (QED) is 0.919. The molecule has 3 rings (SSSR count). The van der Waals surface area contributed by atoms with E-state index in [1.54, 1.807) is 9.58 Å². The van der Waals surface area contributed by atoms with Crippen molar-refractivity contribution < 1.29 is 9.32 Å². The van der Waals surface area contributed by atoms with E-state index in [0.717, 1.165) is 11.5 Å². The molecule has 8 heteroatoms. The molecule has 0 saturated carbocycles. The predicted octanol–water partition coefficient (Wildman–Crippen LogP) is 1.45. The van der Waals surface area contributed by atoms with E-state index in [-0.39, 0.29) is 17.9 Å². The van der Waals surface area contributed by atoms with Crippen LogP contribution in [0.15, 0.2) is 10.6 Å². The number of aryl methyl sites for hydroxylation is 2. The fourth-order valence-electron chi connectivity index (χ4n) is 2.57. The highest BCUT2D eigenvalue weighted by Crippen LogP contribution is 2.24. The standard InChI is InChI=1S/C14H20N6O2/c1-8(2)12-16-14(22-18-12)15-10-5-6-20(13(10)21)11-7-9(3)17-19(11)4/h7-8,10H,5-6H2,1-4H3,(H,15,16,18). The van der Waals surface area contributed by atoms with Gasteiger partial charge in [-0.15, -0.1) is 0 Å². The summed E-state index contributed by atoms with van der Waals surface area (Å²) in [7, 11) is 1.84. The Labute approximate surface area is 128 Å². The van der Waals surface area contributed by atoms with Crippen molar-refractivity contribution in [2.75, 3.05) is 16.8 Å². The van der Waals surface area contributed by atoms with Crippen molar-refractivity contribution in [2.45, 2.75) is 39.2 Å². The SMILES string of the molecule is Cc1cc(N2CCC(Nc3nc(C(C)C)no3)C2=O)n(C)n1. The second kappa shape index (κ2) is 5.43. The Bertz CT molecular complexity index is 689. The third-order valence-corrected chi connectivity index (χ3v) is 3.72. The van der Waals surface area contributed by atoms with Crippen LogP contribution in [0.4, 0.5) is 11.8 Å². The zero-order chi connectivity index (χ0) is 15.9. The highest BCUT2D eigenvalue weighted by molar-refractivity contribution is 6.00. The van der Waals surface area contributed by atoms with Gasteiger partial charge in [-0.05, 0) is 13.3 Å². The molecule has 3 heterocycles. The average Bonchev–Trinajstić information content (AvgIpc) is 3.12. The van der Waals surface area contributed by atoms with Crippen LogP contribution in [0.25, 0.3) is 0 Å². The fourth-order valence-corrected chi connectivity index (χ4v) is 2.57. The van der Waals surface area contributed by atoms with Gasteiger partial charge in [0.05, 0.1) is 5.69 Å². The Balaban J connectivity index is 1.72. The normalized spacial score (nSPS) is 18.5. The van der Waals surface area contributed by atoms with Gasteiger partial charge >= 0.3 is 6.01 Å². The molecule has 1 aliphatic rings. The first-order valence-electron chi connectivity index (χ1n) is 7.38. The molecule has 1 N–H and O–H groups in total. The molecule has 22 heavy (non-hydrogen) atoms. The number of rotatable bonds is 4. The monoisotopic (exact) mass is 304 g/mol. The molecule has 1 aliphatic heterocycles. The molecular formula is C14H20N6O2. The minimum Gasteiger partial charge on any atom is -0.326 e. The van der Waals surface area contributed by atoms with Gasteiger partial charge in [0.25, 0.3) is 5.91 Å². The van der Waals surface area contributed by atoms with E-state index in [1.165, 1.54) is 0 Å². The summed E-state index contributed by atoms with van der Waals surface area (Å²) in [5.41, 5.74) is 0.889. The molecule has 2 aromatic rings. The molecule has 1 saturated heterocycles. The Morgan fingerprint density at radius 3 is 2.82 bits per heavy atom. The van der Waals surface area contributed by atoms with Crippen molar-refractivity contribution in [3.8, 4) is 0 Å².